The van der Waals surface area contributed by atoms with Gasteiger partial charge in [0.2, 0.25) is 0 Å². The van der Waals surface area contributed by atoms with E-state index in [2.05, 4.69) is 10.3 Å². The molecule has 0 amide bonds. The van der Waals surface area contributed by atoms with E-state index < -0.39 is 11.7 Å². The van der Waals surface area contributed by atoms with Crippen LogP contribution in [-0.4, -0.2) is 29.1 Å². The van der Waals surface area contributed by atoms with Gasteiger partial charge in [-0.05, 0) is 60.2 Å². The van der Waals surface area contributed by atoms with Crippen LogP contribution in [0.3, 0.4) is 0 Å². The summed E-state index contributed by atoms with van der Waals surface area (Å²) in [5.41, 5.74) is 1.72. The standard InChI is InChI=1S/C23H22ClF3N4S/c1-30(2)19-9-6-16(7-10-19)14-31(15-18-5-3-4-12-28-18)22(32)29-21-11-8-17(24)13-20(21)23(25,26)27/h3-13H,14-15H2,1-2H3,(H,29,32). The number of nitrogens with one attached hydrogen (secondary N) is 1. The molecule has 0 fully saturated rings. The van der Waals surface area contributed by atoms with Crippen molar-refractivity contribution in [1.82, 2.24) is 9.88 Å². The van der Waals surface area contributed by atoms with Gasteiger partial charge < -0.3 is 15.1 Å². The van der Waals surface area contributed by atoms with Gasteiger partial charge in [-0.25, -0.2) is 0 Å². The zero-order valence-electron chi connectivity index (χ0n) is 17.5. The molecular weight excluding hydrogens is 457 g/mol. The fourth-order valence-corrected chi connectivity index (χ4v) is 3.47. The van der Waals surface area contributed by atoms with Gasteiger partial charge in [0.15, 0.2) is 5.11 Å². The second kappa shape index (κ2) is 10.2. The molecule has 9 heteroatoms. The summed E-state index contributed by atoms with van der Waals surface area (Å²) >= 11 is 11.3. The SMILES string of the molecule is CN(C)c1ccc(CN(Cc2ccccn2)C(=S)Nc2ccc(Cl)cc2C(F)(F)F)cc1. The van der Waals surface area contributed by atoms with Crippen molar-refractivity contribution < 1.29 is 13.2 Å². The Hall–Kier alpha value is -2.84. The number of nitrogens with zero attached hydrogens (tertiary/aromatic N) is 3. The number of aromatic nitrogens is 1. The van der Waals surface area contributed by atoms with Crippen LogP contribution in [0.5, 0.6) is 0 Å². The molecule has 1 N–H and O–H groups in total. The third-order valence-corrected chi connectivity index (χ3v) is 5.32. The van der Waals surface area contributed by atoms with Crippen LogP contribution in [0.2, 0.25) is 5.02 Å². The van der Waals surface area contributed by atoms with Gasteiger partial charge in [0.25, 0.3) is 0 Å². The van der Waals surface area contributed by atoms with Crippen LogP contribution in [0.15, 0.2) is 66.9 Å². The summed E-state index contributed by atoms with van der Waals surface area (Å²) in [5, 5.41) is 2.91. The van der Waals surface area contributed by atoms with E-state index in [4.69, 9.17) is 23.8 Å². The molecule has 0 radical (unpaired) electrons. The van der Waals surface area contributed by atoms with Crippen molar-refractivity contribution in [3.05, 3.63) is 88.7 Å². The normalized spacial score (nSPS) is 11.2. The summed E-state index contributed by atoms with van der Waals surface area (Å²) in [6, 6.07) is 16.9. The van der Waals surface area contributed by atoms with E-state index in [0.717, 1.165) is 23.0 Å². The Morgan fingerprint density at radius 2 is 1.75 bits per heavy atom. The molecule has 0 spiro atoms. The number of benzene rings is 2. The average Bonchev–Trinajstić information content (AvgIpc) is 2.75. The molecule has 0 aliphatic carbocycles. The van der Waals surface area contributed by atoms with Crippen molar-refractivity contribution in [3.8, 4) is 0 Å². The summed E-state index contributed by atoms with van der Waals surface area (Å²) < 4.78 is 40.5. The van der Waals surface area contributed by atoms with E-state index in [1.165, 1.54) is 12.1 Å². The van der Waals surface area contributed by atoms with Gasteiger partial charge in [0.05, 0.1) is 23.5 Å². The van der Waals surface area contributed by atoms with Crippen LogP contribution < -0.4 is 10.2 Å². The zero-order valence-corrected chi connectivity index (χ0v) is 19.1. The molecule has 0 bridgehead atoms. The van der Waals surface area contributed by atoms with Gasteiger partial charge in [-0.15, -0.1) is 0 Å². The van der Waals surface area contributed by atoms with E-state index in [1.807, 2.05) is 55.4 Å². The highest BCUT2D eigenvalue weighted by molar-refractivity contribution is 7.80. The van der Waals surface area contributed by atoms with Crippen LogP contribution >= 0.6 is 23.8 Å². The maximum atomic E-state index is 13.5. The number of anilines is 2. The third-order valence-electron chi connectivity index (χ3n) is 4.72. The number of alkyl halides is 3. The van der Waals surface area contributed by atoms with E-state index in [0.29, 0.717) is 13.1 Å². The van der Waals surface area contributed by atoms with Crippen LogP contribution in [-0.2, 0) is 19.3 Å². The minimum Gasteiger partial charge on any atom is -0.378 e. The average molecular weight is 479 g/mol. The Bertz CT molecular complexity index is 1060. The number of hydrogen-bond acceptors (Lipinski definition) is 3. The summed E-state index contributed by atoms with van der Waals surface area (Å²) in [5.74, 6) is 0. The lowest BCUT2D eigenvalue weighted by atomic mass is 10.1. The quantitative estimate of drug-likeness (QED) is 0.425. The van der Waals surface area contributed by atoms with Crippen molar-refractivity contribution in [2.45, 2.75) is 19.3 Å². The smallest absolute Gasteiger partial charge is 0.378 e. The summed E-state index contributed by atoms with van der Waals surface area (Å²) in [6.45, 7) is 0.724. The molecule has 0 unspecified atom stereocenters. The van der Waals surface area contributed by atoms with Crippen LogP contribution in [0.1, 0.15) is 16.8 Å². The second-order valence-electron chi connectivity index (χ2n) is 7.36. The first kappa shape index (κ1) is 23.8. The van der Waals surface area contributed by atoms with Crippen molar-refractivity contribution in [3.63, 3.8) is 0 Å². The molecule has 32 heavy (non-hydrogen) atoms. The van der Waals surface area contributed by atoms with Gasteiger partial charge in [-0.2, -0.15) is 13.2 Å². The maximum absolute atomic E-state index is 13.5. The number of pyridine rings is 1. The Labute approximate surface area is 195 Å². The first-order valence-corrected chi connectivity index (χ1v) is 10.5. The molecule has 2 aromatic carbocycles. The number of hydrogen-bond donors (Lipinski definition) is 1. The fraction of sp³-hybridized carbons (Fsp3) is 0.217. The number of halogens is 4. The van der Waals surface area contributed by atoms with Gasteiger partial charge >= 0.3 is 6.18 Å². The van der Waals surface area contributed by atoms with Gasteiger partial charge in [0.1, 0.15) is 0 Å². The molecule has 3 rings (SSSR count). The lowest BCUT2D eigenvalue weighted by molar-refractivity contribution is -0.136. The van der Waals surface area contributed by atoms with E-state index in [9.17, 15) is 13.2 Å². The molecule has 3 aromatic rings. The molecule has 1 heterocycles. The predicted octanol–water partition coefficient (Wildman–Crippen LogP) is 6.22. The predicted molar refractivity (Wildman–Crippen MR) is 127 cm³/mol. The van der Waals surface area contributed by atoms with Crippen LogP contribution in [0, 0.1) is 0 Å². The Morgan fingerprint density at radius 3 is 2.34 bits per heavy atom. The third kappa shape index (κ3) is 6.34. The lowest BCUT2D eigenvalue weighted by Crippen LogP contribution is -2.34. The van der Waals surface area contributed by atoms with E-state index in [-0.39, 0.29) is 15.8 Å². The summed E-state index contributed by atoms with van der Waals surface area (Å²) in [7, 11) is 3.90. The molecule has 1 aromatic heterocycles. The lowest BCUT2D eigenvalue weighted by Gasteiger charge is -2.27. The molecular formula is C23H22ClF3N4S. The molecule has 0 saturated carbocycles. The first-order valence-electron chi connectivity index (χ1n) is 9.72. The first-order chi connectivity index (χ1) is 15.1. The molecule has 4 nitrogen and oxygen atoms in total. The van der Waals surface area contributed by atoms with Gasteiger partial charge in [-0.3, -0.25) is 4.98 Å². The van der Waals surface area contributed by atoms with Crippen molar-refractivity contribution >= 4 is 40.3 Å². The highest BCUT2D eigenvalue weighted by Crippen LogP contribution is 2.36. The summed E-state index contributed by atoms with van der Waals surface area (Å²) in [6.07, 6.45) is -2.91. The highest BCUT2D eigenvalue weighted by Gasteiger charge is 2.34. The van der Waals surface area contributed by atoms with Crippen molar-refractivity contribution in [2.24, 2.45) is 0 Å². The highest BCUT2D eigenvalue weighted by atomic mass is 35.5. The molecule has 0 aliphatic heterocycles. The second-order valence-corrected chi connectivity index (χ2v) is 8.18. The molecule has 168 valence electrons. The number of rotatable bonds is 6. The Kier molecular flexibility index (Phi) is 7.58. The zero-order chi connectivity index (χ0) is 23.3. The van der Waals surface area contributed by atoms with Crippen molar-refractivity contribution in [2.75, 3.05) is 24.3 Å². The summed E-state index contributed by atoms with van der Waals surface area (Å²) in [4.78, 5) is 8.08. The minimum absolute atomic E-state index is 0.000108. The Morgan fingerprint density at radius 1 is 1.03 bits per heavy atom. The van der Waals surface area contributed by atoms with E-state index >= 15 is 0 Å². The molecule has 0 saturated heterocycles. The largest absolute Gasteiger partial charge is 0.418 e. The monoisotopic (exact) mass is 478 g/mol. The number of thiocarbonyl (C=S) groups is 1. The minimum atomic E-state index is -4.57. The fourth-order valence-electron chi connectivity index (χ4n) is 3.06. The molecule has 0 aliphatic rings. The van der Waals surface area contributed by atoms with Gasteiger partial charge in [0, 0.05) is 37.5 Å². The van der Waals surface area contributed by atoms with Crippen LogP contribution in [0.25, 0.3) is 0 Å². The van der Waals surface area contributed by atoms with Gasteiger partial charge in [-0.1, -0.05) is 29.8 Å². The van der Waals surface area contributed by atoms with E-state index in [1.54, 1.807) is 17.2 Å². The maximum Gasteiger partial charge on any atom is 0.418 e. The van der Waals surface area contributed by atoms with Crippen molar-refractivity contribution in [1.29, 1.82) is 0 Å². The van der Waals surface area contributed by atoms with Crippen LogP contribution in [0.4, 0.5) is 24.5 Å². The Balaban J connectivity index is 1.87. The topological polar surface area (TPSA) is 31.4 Å². The molecule has 0 atom stereocenters.